The first kappa shape index (κ1) is 13.5. The van der Waals surface area contributed by atoms with Crippen molar-refractivity contribution < 1.29 is 5.11 Å². The summed E-state index contributed by atoms with van der Waals surface area (Å²) in [4.78, 5) is 0. The standard InChI is InChI=1S/C14H25N3O/c1-11(2)17-13(15-16-14(17)10-18)9-12-7-5-3-4-6-8-12/h11-12,18H,3-10H2,1-2H3. The molecule has 1 aliphatic carbocycles. The van der Waals surface area contributed by atoms with E-state index in [1.165, 1.54) is 38.5 Å². The summed E-state index contributed by atoms with van der Waals surface area (Å²) >= 11 is 0. The molecule has 0 aliphatic heterocycles. The van der Waals surface area contributed by atoms with Gasteiger partial charge in [0.25, 0.3) is 0 Å². The van der Waals surface area contributed by atoms with Gasteiger partial charge in [-0.05, 0) is 19.8 Å². The van der Waals surface area contributed by atoms with Crippen molar-refractivity contribution in [3.63, 3.8) is 0 Å². The molecular weight excluding hydrogens is 226 g/mol. The van der Waals surface area contributed by atoms with Crippen LogP contribution in [0.4, 0.5) is 0 Å². The second-order valence-electron chi connectivity index (χ2n) is 5.72. The van der Waals surface area contributed by atoms with E-state index in [0.717, 1.165) is 18.2 Å². The van der Waals surface area contributed by atoms with E-state index in [1.54, 1.807) is 0 Å². The molecule has 0 unspecified atom stereocenters. The number of hydrogen-bond acceptors (Lipinski definition) is 3. The van der Waals surface area contributed by atoms with Gasteiger partial charge in [0.05, 0.1) is 0 Å². The van der Waals surface area contributed by atoms with Gasteiger partial charge in [-0.1, -0.05) is 38.5 Å². The zero-order valence-corrected chi connectivity index (χ0v) is 11.6. The largest absolute Gasteiger partial charge is 0.388 e. The summed E-state index contributed by atoms with van der Waals surface area (Å²) < 4.78 is 2.10. The first-order chi connectivity index (χ1) is 8.72. The van der Waals surface area contributed by atoms with Crippen molar-refractivity contribution >= 4 is 0 Å². The minimum atomic E-state index is -0.0180. The lowest BCUT2D eigenvalue weighted by molar-refractivity contribution is 0.261. The van der Waals surface area contributed by atoms with Crippen molar-refractivity contribution in [3.05, 3.63) is 11.6 Å². The van der Waals surface area contributed by atoms with Crippen LogP contribution in [0.3, 0.4) is 0 Å². The quantitative estimate of drug-likeness (QED) is 0.837. The average molecular weight is 251 g/mol. The summed E-state index contributed by atoms with van der Waals surface area (Å²) in [7, 11) is 0. The Bertz CT molecular complexity index is 365. The molecule has 0 atom stereocenters. The average Bonchev–Trinajstić information content (AvgIpc) is 2.57. The highest BCUT2D eigenvalue weighted by atomic mass is 16.3. The summed E-state index contributed by atoms with van der Waals surface area (Å²) in [6, 6.07) is 0.322. The fourth-order valence-electron chi connectivity index (χ4n) is 3.03. The van der Waals surface area contributed by atoms with Crippen LogP contribution < -0.4 is 0 Å². The number of aliphatic hydroxyl groups excluding tert-OH is 1. The van der Waals surface area contributed by atoms with Crippen molar-refractivity contribution in [3.8, 4) is 0 Å². The Morgan fingerprint density at radius 3 is 2.28 bits per heavy atom. The predicted octanol–water partition coefficient (Wildman–Crippen LogP) is 2.86. The Kier molecular flexibility index (Phi) is 4.75. The molecular formula is C14H25N3O. The van der Waals surface area contributed by atoms with Gasteiger partial charge in [-0.25, -0.2) is 0 Å². The number of rotatable bonds is 4. The summed E-state index contributed by atoms with van der Waals surface area (Å²) in [5.74, 6) is 2.51. The van der Waals surface area contributed by atoms with Crippen LogP contribution in [-0.4, -0.2) is 19.9 Å². The van der Waals surface area contributed by atoms with Crippen molar-refractivity contribution in [1.82, 2.24) is 14.8 Å². The van der Waals surface area contributed by atoms with Gasteiger partial charge in [0.1, 0.15) is 12.4 Å². The maximum Gasteiger partial charge on any atom is 0.159 e. The zero-order chi connectivity index (χ0) is 13.0. The van der Waals surface area contributed by atoms with Crippen LogP contribution in [0.2, 0.25) is 0 Å². The smallest absolute Gasteiger partial charge is 0.159 e. The van der Waals surface area contributed by atoms with Crippen LogP contribution in [0.25, 0.3) is 0 Å². The van der Waals surface area contributed by atoms with Gasteiger partial charge in [-0.2, -0.15) is 0 Å². The third-order valence-corrected chi connectivity index (χ3v) is 3.94. The van der Waals surface area contributed by atoms with E-state index in [4.69, 9.17) is 0 Å². The molecule has 1 aromatic heterocycles. The van der Waals surface area contributed by atoms with Crippen LogP contribution in [0, 0.1) is 5.92 Å². The Labute approximate surface area is 109 Å². The van der Waals surface area contributed by atoms with E-state index < -0.39 is 0 Å². The molecule has 1 heterocycles. The highest BCUT2D eigenvalue weighted by Gasteiger charge is 2.19. The monoisotopic (exact) mass is 251 g/mol. The molecule has 1 fully saturated rings. The van der Waals surface area contributed by atoms with Crippen LogP contribution >= 0.6 is 0 Å². The molecule has 102 valence electrons. The fraction of sp³-hybridized carbons (Fsp3) is 0.857. The summed E-state index contributed by atoms with van der Waals surface area (Å²) in [5, 5.41) is 17.7. The molecule has 4 heteroatoms. The fourth-order valence-corrected chi connectivity index (χ4v) is 3.03. The molecule has 0 bridgehead atoms. The van der Waals surface area contributed by atoms with E-state index in [9.17, 15) is 5.11 Å². The SMILES string of the molecule is CC(C)n1c(CO)nnc1CC1CCCCCC1. The van der Waals surface area contributed by atoms with E-state index >= 15 is 0 Å². The van der Waals surface area contributed by atoms with Gasteiger partial charge in [0.2, 0.25) is 0 Å². The molecule has 1 aliphatic rings. The first-order valence-corrected chi connectivity index (χ1v) is 7.26. The third-order valence-electron chi connectivity index (χ3n) is 3.94. The lowest BCUT2D eigenvalue weighted by Crippen LogP contribution is -2.14. The number of nitrogens with zero attached hydrogens (tertiary/aromatic N) is 3. The van der Waals surface area contributed by atoms with Crippen LogP contribution in [0.5, 0.6) is 0 Å². The van der Waals surface area contributed by atoms with Crippen LogP contribution in [-0.2, 0) is 13.0 Å². The zero-order valence-electron chi connectivity index (χ0n) is 11.6. The van der Waals surface area contributed by atoms with Crippen LogP contribution in [0.15, 0.2) is 0 Å². The molecule has 0 spiro atoms. The summed E-state index contributed by atoms with van der Waals surface area (Å²) in [6.45, 7) is 4.23. The summed E-state index contributed by atoms with van der Waals surface area (Å²) in [6.07, 6.45) is 9.13. The van der Waals surface area contributed by atoms with E-state index in [0.29, 0.717) is 11.9 Å². The minimum Gasteiger partial charge on any atom is -0.388 e. The normalized spacial score (nSPS) is 18.2. The van der Waals surface area contributed by atoms with Gasteiger partial charge in [0.15, 0.2) is 5.82 Å². The molecule has 18 heavy (non-hydrogen) atoms. The summed E-state index contributed by atoms with van der Waals surface area (Å²) in [5.41, 5.74) is 0. The second-order valence-corrected chi connectivity index (χ2v) is 5.72. The Hall–Kier alpha value is -0.900. The minimum absolute atomic E-state index is 0.0180. The Balaban J connectivity index is 2.10. The lowest BCUT2D eigenvalue weighted by Gasteiger charge is -2.17. The van der Waals surface area contributed by atoms with Crippen molar-refractivity contribution in [2.45, 2.75) is 71.4 Å². The maximum absolute atomic E-state index is 9.31. The molecule has 4 nitrogen and oxygen atoms in total. The molecule has 0 amide bonds. The lowest BCUT2D eigenvalue weighted by atomic mass is 9.96. The Morgan fingerprint density at radius 1 is 1.11 bits per heavy atom. The molecule has 0 saturated heterocycles. The topological polar surface area (TPSA) is 50.9 Å². The molecule has 1 saturated carbocycles. The van der Waals surface area contributed by atoms with E-state index in [1.807, 2.05) is 0 Å². The van der Waals surface area contributed by atoms with Gasteiger partial charge >= 0.3 is 0 Å². The van der Waals surface area contributed by atoms with Gasteiger partial charge < -0.3 is 9.67 Å². The Morgan fingerprint density at radius 2 is 1.72 bits per heavy atom. The van der Waals surface area contributed by atoms with E-state index in [2.05, 4.69) is 28.6 Å². The first-order valence-electron chi connectivity index (χ1n) is 7.26. The molecule has 1 aromatic rings. The molecule has 2 rings (SSSR count). The maximum atomic E-state index is 9.31. The van der Waals surface area contributed by atoms with Crippen molar-refractivity contribution in [2.75, 3.05) is 0 Å². The van der Waals surface area contributed by atoms with Gasteiger partial charge in [-0.3, -0.25) is 0 Å². The van der Waals surface area contributed by atoms with E-state index in [-0.39, 0.29) is 6.61 Å². The predicted molar refractivity (Wildman–Crippen MR) is 71.2 cm³/mol. The van der Waals surface area contributed by atoms with Gasteiger partial charge in [0, 0.05) is 12.5 Å². The second kappa shape index (κ2) is 6.32. The molecule has 0 aromatic carbocycles. The van der Waals surface area contributed by atoms with Crippen molar-refractivity contribution in [2.24, 2.45) is 5.92 Å². The van der Waals surface area contributed by atoms with Gasteiger partial charge in [-0.15, -0.1) is 10.2 Å². The van der Waals surface area contributed by atoms with Crippen LogP contribution in [0.1, 0.15) is 70.1 Å². The number of hydrogen-bond donors (Lipinski definition) is 1. The highest BCUT2D eigenvalue weighted by molar-refractivity contribution is 4.98. The van der Waals surface area contributed by atoms with Crippen molar-refractivity contribution in [1.29, 1.82) is 0 Å². The molecule has 1 N–H and O–H groups in total. The highest BCUT2D eigenvalue weighted by Crippen LogP contribution is 2.26. The number of aromatic nitrogens is 3. The molecule has 0 radical (unpaired) electrons. The number of aliphatic hydroxyl groups is 1. The third kappa shape index (κ3) is 3.10.